The Kier molecular flexibility index (Phi) is 4.00. The van der Waals surface area contributed by atoms with Crippen molar-refractivity contribution in [1.29, 1.82) is 0 Å². The number of halogens is 1. The van der Waals surface area contributed by atoms with Gasteiger partial charge in [-0.25, -0.2) is 17.8 Å². The molecule has 0 saturated heterocycles. The highest BCUT2D eigenvalue weighted by Gasteiger charge is 2.17. The smallest absolute Gasteiger partial charge is 0.153 e. The summed E-state index contributed by atoms with van der Waals surface area (Å²) in [6.07, 6.45) is 1.16. The fourth-order valence-electron chi connectivity index (χ4n) is 2.38. The fourth-order valence-corrected chi connectivity index (χ4v) is 3.08. The maximum atomic E-state index is 13.4. The van der Waals surface area contributed by atoms with E-state index in [1.165, 1.54) is 12.1 Å². The Morgan fingerprint density at radius 3 is 2.39 bits per heavy atom. The van der Waals surface area contributed by atoms with Crippen molar-refractivity contribution in [1.82, 2.24) is 9.97 Å². The van der Waals surface area contributed by atoms with Crippen LogP contribution in [0.3, 0.4) is 0 Å². The van der Waals surface area contributed by atoms with Crippen LogP contribution in [-0.2, 0) is 15.6 Å². The van der Waals surface area contributed by atoms with Gasteiger partial charge in [-0.05, 0) is 17.7 Å². The van der Waals surface area contributed by atoms with Crippen molar-refractivity contribution < 1.29 is 12.8 Å². The molecule has 0 bridgehead atoms. The second-order valence-corrected chi connectivity index (χ2v) is 7.49. The molecule has 2 aromatic carbocycles. The number of hydrogen-bond acceptors (Lipinski definition) is 3. The Morgan fingerprint density at radius 2 is 1.74 bits per heavy atom. The second kappa shape index (κ2) is 5.96. The summed E-state index contributed by atoms with van der Waals surface area (Å²) in [5.74, 6) is -0.102. The number of aromatic amines is 1. The zero-order valence-electron chi connectivity index (χ0n) is 12.5. The Balaban J connectivity index is 2.14. The third-order valence-electron chi connectivity index (χ3n) is 3.34. The largest absolute Gasteiger partial charge is 0.338 e. The first-order chi connectivity index (χ1) is 10.9. The molecular formula is C17H15FN2O2S. The summed E-state index contributed by atoms with van der Waals surface area (Å²) in [5.41, 5.74) is 2.47. The molecule has 0 aliphatic heterocycles. The summed E-state index contributed by atoms with van der Waals surface area (Å²) in [6.45, 7) is 0. The second-order valence-electron chi connectivity index (χ2n) is 5.35. The monoisotopic (exact) mass is 330 g/mol. The lowest BCUT2D eigenvalue weighted by molar-refractivity contribution is 0.600. The quantitative estimate of drug-likeness (QED) is 0.797. The van der Waals surface area contributed by atoms with Crippen molar-refractivity contribution in [3.63, 3.8) is 0 Å². The van der Waals surface area contributed by atoms with Crippen molar-refractivity contribution >= 4 is 9.84 Å². The van der Waals surface area contributed by atoms with Gasteiger partial charge in [0.1, 0.15) is 11.6 Å². The van der Waals surface area contributed by atoms with E-state index >= 15 is 0 Å². The van der Waals surface area contributed by atoms with Crippen LogP contribution >= 0.6 is 0 Å². The Bertz CT molecular complexity index is 934. The van der Waals surface area contributed by atoms with Crippen molar-refractivity contribution in [3.8, 4) is 22.6 Å². The Hall–Kier alpha value is -2.47. The molecule has 118 valence electrons. The topological polar surface area (TPSA) is 62.8 Å². The molecule has 3 aromatic rings. The molecule has 0 fully saturated rings. The van der Waals surface area contributed by atoms with Gasteiger partial charge in [-0.2, -0.15) is 0 Å². The summed E-state index contributed by atoms with van der Waals surface area (Å²) in [6, 6.07) is 15.4. The van der Waals surface area contributed by atoms with E-state index in [9.17, 15) is 12.8 Å². The average molecular weight is 330 g/mol. The molecule has 1 heterocycles. The molecule has 0 saturated carbocycles. The molecule has 1 N–H and O–H groups in total. The molecule has 1 aromatic heterocycles. The molecule has 3 rings (SSSR count). The van der Waals surface area contributed by atoms with Crippen LogP contribution in [0, 0.1) is 5.82 Å². The van der Waals surface area contributed by atoms with E-state index < -0.39 is 9.84 Å². The molecule has 6 heteroatoms. The van der Waals surface area contributed by atoms with Gasteiger partial charge in [0, 0.05) is 11.8 Å². The van der Waals surface area contributed by atoms with Crippen molar-refractivity contribution in [3.05, 3.63) is 66.1 Å². The Labute approximate surface area is 133 Å². The molecule has 0 radical (unpaired) electrons. The van der Waals surface area contributed by atoms with Gasteiger partial charge in [-0.15, -0.1) is 0 Å². The van der Waals surface area contributed by atoms with Gasteiger partial charge in [0.25, 0.3) is 0 Å². The van der Waals surface area contributed by atoms with Gasteiger partial charge < -0.3 is 4.98 Å². The minimum atomic E-state index is -3.24. The maximum Gasteiger partial charge on any atom is 0.153 e. The number of sulfone groups is 1. The van der Waals surface area contributed by atoms with Crippen LogP contribution in [0.25, 0.3) is 22.6 Å². The van der Waals surface area contributed by atoms with Crippen molar-refractivity contribution in [2.45, 2.75) is 5.75 Å². The summed E-state index contributed by atoms with van der Waals surface area (Å²) in [7, 11) is -3.24. The first kappa shape index (κ1) is 15.4. The first-order valence-electron chi connectivity index (χ1n) is 7.00. The molecule has 4 nitrogen and oxygen atoms in total. The first-order valence-corrected chi connectivity index (χ1v) is 9.06. The molecule has 0 unspecified atom stereocenters. The van der Waals surface area contributed by atoms with Gasteiger partial charge in [0.05, 0.1) is 17.1 Å². The number of nitrogens with one attached hydrogen (secondary N) is 1. The lowest BCUT2D eigenvalue weighted by Gasteiger charge is -2.01. The zero-order valence-corrected chi connectivity index (χ0v) is 13.3. The van der Waals surface area contributed by atoms with Gasteiger partial charge in [0.2, 0.25) is 0 Å². The maximum absolute atomic E-state index is 13.4. The van der Waals surface area contributed by atoms with Crippen LogP contribution < -0.4 is 0 Å². The lowest BCUT2D eigenvalue weighted by Crippen LogP contribution is -2.02. The third-order valence-corrected chi connectivity index (χ3v) is 4.14. The Morgan fingerprint density at radius 1 is 1.04 bits per heavy atom. The predicted octanol–water partition coefficient (Wildman–Crippen LogP) is 3.43. The number of hydrogen-bond donors (Lipinski definition) is 1. The standard InChI is InChI=1S/C17H15FN2O2S/c1-23(21,22)11-15-16(12-6-3-2-4-7-12)20-17(19-15)13-8-5-9-14(18)10-13/h2-10H,11H2,1H3,(H,19,20). The lowest BCUT2D eigenvalue weighted by atomic mass is 10.1. The van der Waals surface area contributed by atoms with Crippen molar-refractivity contribution in [2.75, 3.05) is 6.26 Å². The summed E-state index contributed by atoms with van der Waals surface area (Å²) in [5, 5.41) is 0. The van der Waals surface area contributed by atoms with Crippen LogP contribution in [0.15, 0.2) is 54.6 Å². The van der Waals surface area contributed by atoms with Gasteiger partial charge in [-0.3, -0.25) is 0 Å². The summed E-state index contributed by atoms with van der Waals surface area (Å²) in [4.78, 5) is 7.50. The van der Waals surface area contributed by atoms with Gasteiger partial charge in [0.15, 0.2) is 9.84 Å². The molecular weight excluding hydrogens is 315 g/mol. The highest BCUT2D eigenvalue weighted by atomic mass is 32.2. The number of nitrogens with zero attached hydrogens (tertiary/aromatic N) is 1. The fraction of sp³-hybridized carbons (Fsp3) is 0.118. The van der Waals surface area contributed by atoms with E-state index in [1.54, 1.807) is 12.1 Å². The number of H-pyrrole nitrogens is 1. The van der Waals surface area contributed by atoms with E-state index in [-0.39, 0.29) is 11.6 Å². The predicted molar refractivity (Wildman–Crippen MR) is 88.0 cm³/mol. The van der Waals surface area contributed by atoms with Crippen molar-refractivity contribution in [2.24, 2.45) is 0 Å². The molecule has 0 spiro atoms. The highest BCUT2D eigenvalue weighted by Crippen LogP contribution is 2.27. The SMILES string of the molecule is CS(=O)(=O)Cc1nc(-c2cccc(F)c2)[nH]c1-c1ccccc1. The third kappa shape index (κ3) is 3.65. The van der Waals surface area contributed by atoms with E-state index in [4.69, 9.17) is 0 Å². The molecule has 0 amide bonds. The van der Waals surface area contributed by atoms with Crippen LogP contribution in [0.5, 0.6) is 0 Å². The minimum Gasteiger partial charge on any atom is -0.338 e. The van der Waals surface area contributed by atoms with E-state index in [2.05, 4.69) is 9.97 Å². The highest BCUT2D eigenvalue weighted by molar-refractivity contribution is 7.89. The summed E-state index contributed by atoms with van der Waals surface area (Å²) >= 11 is 0. The number of benzene rings is 2. The van der Waals surface area contributed by atoms with E-state index in [0.29, 0.717) is 22.8 Å². The normalized spacial score (nSPS) is 11.6. The van der Waals surface area contributed by atoms with Crippen LogP contribution in [0.1, 0.15) is 5.69 Å². The number of aromatic nitrogens is 2. The minimum absolute atomic E-state index is 0.178. The van der Waals surface area contributed by atoms with Gasteiger partial charge in [-0.1, -0.05) is 42.5 Å². The molecule has 23 heavy (non-hydrogen) atoms. The molecule has 0 atom stereocenters. The summed E-state index contributed by atoms with van der Waals surface area (Å²) < 4.78 is 36.8. The number of imidazole rings is 1. The van der Waals surface area contributed by atoms with Gasteiger partial charge >= 0.3 is 0 Å². The van der Waals surface area contributed by atoms with Crippen LogP contribution in [0.4, 0.5) is 4.39 Å². The van der Waals surface area contributed by atoms with Crippen LogP contribution in [0.2, 0.25) is 0 Å². The number of rotatable bonds is 4. The van der Waals surface area contributed by atoms with E-state index in [1.807, 2.05) is 30.3 Å². The molecule has 0 aliphatic carbocycles. The average Bonchev–Trinajstić information content (AvgIpc) is 2.90. The molecule has 0 aliphatic rings. The van der Waals surface area contributed by atoms with E-state index in [0.717, 1.165) is 11.8 Å². The van der Waals surface area contributed by atoms with Crippen LogP contribution in [-0.4, -0.2) is 24.6 Å². The zero-order chi connectivity index (χ0) is 16.4.